The minimum atomic E-state index is -0.846. The number of hydrogen-bond donors (Lipinski definition) is 0. The first-order chi connectivity index (χ1) is 17.8. The van der Waals surface area contributed by atoms with Crippen molar-refractivity contribution in [3.05, 3.63) is 92.1 Å². The molecule has 2 aromatic heterocycles. The van der Waals surface area contributed by atoms with Gasteiger partial charge in [-0.05, 0) is 61.5 Å². The van der Waals surface area contributed by atoms with Gasteiger partial charge in [-0.15, -0.1) is 0 Å². The summed E-state index contributed by atoms with van der Waals surface area (Å²) in [5, 5.41) is 6.20. The summed E-state index contributed by atoms with van der Waals surface area (Å²) in [5.41, 5.74) is 1.24. The molecule has 0 saturated heterocycles. The van der Waals surface area contributed by atoms with Crippen LogP contribution in [0.1, 0.15) is 12.5 Å². The van der Waals surface area contributed by atoms with E-state index in [9.17, 15) is 9.59 Å². The molecule has 0 aliphatic heterocycles. The molecule has 0 saturated carbocycles. The SMILES string of the molecule is COC(=O)[C@@H](C)Oc1ccc(Br)cc1C=Nn1c(-c2cc3cc(Cl)ccc3o2)nc2ccccc2c1=O. The molecular weight excluding hydrogens is 562 g/mol. The van der Waals surface area contributed by atoms with Crippen molar-refractivity contribution >= 4 is 61.6 Å². The van der Waals surface area contributed by atoms with Gasteiger partial charge in [0.15, 0.2) is 11.9 Å². The molecule has 1 atom stereocenters. The Balaban J connectivity index is 1.66. The Hall–Kier alpha value is -3.95. The van der Waals surface area contributed by atoms with Gasteiger partial charge in [0.05, 0.1) is 24.2 Å². The highest BCUT2D eigenvalue weighted by molar-refractivity contribution is 9.10. The fourth-order valence-corrected chi connectivity index (χ4v) is 4.33. The van der Waals surface area contributed by atoms with E-state index in [0.29, 0.717) is 38.6 Å². The number of carbonyl (C=O) groups is 1. The van der Waals surface area contributed by atoms with Crippen molar-refractivity contribution in [2.75, 3.05) is 7.11 Å². The number of halogens is 2. The Morgan fingerprint density at radius 2 is 1.97 bits per heavy atom. The third kappa shape index (κ3) is 5.00. The number of benzene rings is 3. The lowest BCUT2D eigenvalue weighted by Gasteiger charge is -2.14. The summed E-state index contributed by atoms with van der Waals surface area (Å²) in [5.74, 6) is 0.426. The van der Waals surface area contributed by atoms with E-state index in [1.807, 2.05) is 0 Å². The molecule has 0 radical (unpaired) electrons. The summed E-state index contributed by atoms with van der Waals surface area (Å²) in [4.78, 5) is 30.1. The van der Waals surface area contributed by atoms with Crippen LogP contribution in [0.2, 0.25) is 5.02 Å². The second-order valence-electron chi connectivity index (χ2n) is 8.07. The maximum absolute atomic E-state index is 13.5. The smallest absolute Gasteiger partial charge is 0.346 e. The first-order valence-corrected chi connectivity index (χ1v) is 12.3. The average Bonchev–Trinajstić information content (AvgIpc) is 3.32. The van der Waals surface area contributed by atoms with Gasteiger partial charge in [-0.3, -0.25) is 4.79 Å². The number of hydrogen-bond acceptors (Lipinski definition) is 7. The number of aromatic nitrogens is 2. The Morgan fingerprint density at radius 3 is 2.78 bits per heavy atom. The molecule has 0 aliphatic carbocycles. The van der Waals surface area contributed by atoms with Gasteiger partial charge < -0.3 is 13.9 Å². The lowest BCUT2D eigenvalue weighted by atomic mass is 10.2. The molecule has 0 bridgehead atoms. The predicted molar refractivity (Wildman–Crippen MR) is 145 cm³/mol. The van der Waals surface area contributed by atoms with Gasteiger partial charge in [-0.1, -0.05) is 39.7 Å². The molecule has 8 nitrogen and oxygen atoms in total. The van der Waals surface area contributed by atoms with E-state index in [1.165, 1.54) is 18.0 Å². The first kappa shape index (κ1) is 24.7. The number of fused-ring (bicyclic) bond motifs is 2. The van der Waals surface area contributed by atoms with Crippen molar-refractivity contribution in [1.29, 1.82) is 0 Å². The molecule has 0 N–H and O–H groups in total. The summed E-state index contributed by atoms with van der Waals surface area (Å²) < 4.78 is 18.5. The van der Waals surface area contributed by atoms with Gasteiger partial charge in [-0.25, -0.2) is 9.78 Å². The fraction of sp³-hybridized carbons (Fsp3) is 0.111. The molecule has 0 spiro atoms. The number of esters is 1. The van der Waals surface area contributed by atoms with Gasteiger partial charge in [0.1, 0.15) is 11.3 Å². The van der Waals surface area contributed by atoms with Crippen LogP contribution in [-0.2, 0) is 9.53 Å². The van der Waals surface area contributed by atoms with Crippen molar-refractivity contribution in [1.82, 2.24) is 9.66 Å². The summed E-state index contributed by atoms with van der Waals surface area (Å²) in [6.07, 6.45) is 0.617. The van der Waals surface area contributed by atoms with Crippen LogP contribution in [0.3, 0.4) is 0 Å². The lowest BCUT2D eigenvalue weighted by Crippen LogP contribution is -2.25. The number of rotatable bonds is 6. The van der Waals surface area contributed by atoms with E-state index in [0.717, 1.165) is 9.86 Å². The summed E-state index contributed by atoms with van der Waals surface area (Å²) >= 11 is 9.58. The largest absolute Gasteiger partial charge is 0.478 e. The zero-order chi connectivity index (χ0) is 26.1. The molecule has 0 fully saturated rings. The van der Waals surface area contributed by atoms with Crippen LogP contribution >= 0.6 is 27.5 Å². The summed E-state index contributed by atoms with van der Waals surface area (Å²) in [6.45, 7) is 1.58. The van der Waals surface area contributed by atoms with Crippen LogP contribution in [0.5, 0.6) is 5.75 Å². The van der Waals surface area contributed by atoms with Crippen molar-refractivity contribution in [2.45, 2.75) is 13.0 Å². The number of carbonyl (C=O) groups excluding carboxylic acids is 1. The number of nitrogens with zero attached hydrogens (tertiary/aromatic N) is 3. The van der Waals surface area contributed by atoms with Crippen LogP contribution in [0.4, 0.5) is 0 Å². The molecule has 186 valence electrons. The minimum absolute atomic E-state index is 0.215. The Labute approximate surface area is 224 Å². The average molecular weight is 581 g/mol. The van der Waals surface area contributed by atoms with E-state index in [2.05, 4.69) is 26.0 Å². The standard InChI is InChI=1S/C27H19BrClN3O5/c1-15(27(34)35-2)36-23-9-7-18(28)11-17(23)14-30-32-25(31-21-6-4-3-5-20(21)26(32)33)24-13-16-12-19(29)8-10-22(16)37-24/h3-15H,1-2H3/t15-/m1/s1. The summed E-state index contributed by atoms with van der Waals surface area (Å²) in [6, 6.07) is 19.2. The van der Waals surface area contributed by atoms with Gasteiger partial charge in [-0.2, -0.15) is 9.78 Å². The quantitative estimate of drug-likeness (QED) is 0.179. The van der Waals surface area contributed by atoms with Crippen molar-refractivity contribution in [3.63, 3.8) is 0 Å². The summed E-state index contributed by atoms with van der Waals surface area (Å²) in [7, 11) is 1.29. The maximum Gasteiger partial charge on any atom is 0.346 e. The third-order valence-corrected chi connectivity index (χ3v) is 6.30. The van der Waals surface area contributed by atoms with Crippen molar-refractivity contribution < 1.29 is 18.7 Å². The highest BCUT2D eigenvalue weighted by atomic mass is 79.9. The number of furan rings is 1. The molecule has 2 heterocycles. The normalized spacial score (nSPS) is 12.3. The molecule has 0 aliphatic rings. The zero-order valence-corrected chi connectivity index (χ0v) is 22.0. The van der Waals surface area contributed by atoms with Crippen LogP contribution in [0, 0.1) is 0 Å². The molecule has 3 aromatic carbocycles. The minimum Gasteiger partial charge on any atom is -0.478 e. The van der Waals surface area contributed by atoms with Crippen LogP contribution in [0.15, 0.2) is 85.5 Å². The number of para-hydroxylation sites is 1. The predicted octanol–water partition coefficient (Wildman–Crippen LogP) is 6.05. The third-order valence-electron chi connectivity index (χ3n) is 5.57. The van der Waals surface area contributed by atoms with E-state index in [-0.39, 0.29) is 11.4 Å². The van der Waals surface area contributed by atoms with Crippen LogP contribution < -0.4 is 10.3 Å². The highest BCUT2D eigenvalue weighted by Gasteiger charge is 2.18. The fourth-order valence-electron chi connectivity index (χ4n) is 3.77. The molecule has 5 aromatic rings. The van der Waals surface area contributed by atoms with Crippen molar-refractivity contribution in [2.24, 2.45) is 5.10 Å². The molecule has 10 heteroatoms. The lowest BCUT2D eigenvalue weighted by molar-refractivity contribution is -0.147. The second kappa shape index (κ2) is 10.2. The van der Waals surface area contributed by atoms with Gasteiger partial charge >= 0.3 is 5.97 Å². The van der Waals surface area contributed by atoms with Crippen molar-refractivity contribution in [3.8, 4) is 17.3 Å². The maximum atomic E-state index is 13.5. The van der Waals surface area contributed by atoms with E-state index in [4.69, 9.17) is 25.5 Å². The molecular formula is C27H19BrClN3O5. The second-order valence-corrected chi connectivity index (χ2v) is 9.42. The molecule has 37 heavy (non-hydrogen) atoms. The van der Waals surface area contributed by atoms with Crippen LogP contribution in [-0.4, -0.2) is 35.1 Å². The molecule has 0 unspecified atom stereocenters. The highest BCUT2D eigenvalue weighted by Crippen LogP contribution is 2.29. The van der Waals surface area contributed by atoms with Gasteiger partial charge in [0.25, 0.3) is 5.56 Å². The Bertz CT molecular complexity index is 1740. The topological polar surface area (TPSA) is 95.9 Å². The Morgan fingerprint density at radius 1 is 1.16 bits per heavy atom. The van der Waals surface area contributed by atoms with E-state index >= 15 is 0 Å². The van der Waals surface area contributed by atoms with E-state index < -0.39 is 12.1 Å². The number of ether oxygens (including phenoxy) is 2. The van der Waals surface area contributed by atoms with Crippen LogP contribution in [0.25, 0.3) is 33.5 Å². The van der Waals surface area contributed by atoms with Gasteiger partial charge in [0.2, 0.25) is 5.82 Å². The Kier molecular flexibility index (Phi) is 6.82. The first-order valence-electron chi connectivity index (χ1n) is 11.1. The van der Waals surface area contributed by atoms with E-state index in [1.54, 1.807) is 73.7 Å². The molecule has 5 rings (SSSR count). The van der Waals surface area contributed by atoms with Gasteiger partial charge in [0, 0.05) is 20.4 Å². The zero-order valence-electron chi connectivity index (χ0n) is 19.6. The number of methoxy groups -OCH3 is 1. The monoisotopic (exact) mass is 579 g/mol. The molecule has 0 amide bonds.